The Morgan fingerprint density at radius 3 is 2.89 bits per heavy atom. The Hall–Kier alpha value is -1.47. The summed E-state index contributed by atoms with van der Waals surface area (Å²) in [6.45, 7) is 2.19. The van der Waals surface area contributed by atoms with Gasteiger partial charge < -0.3 is 10.1 Å². The van der Waals surface area contributed by atoms with Crippen molar-refractivity contribution in [1.82, 2.24) is 0 Å². The molecule has 6 nitrogen and oxygen atoms in total. The topological polar surface area (TPSA) is 81.5 Å². The van der Waals surface area contributed by atoms with Gasteiger partial charge in [0.25, 0.3) is 11.6 Å². The number of amides is 1. The molecule has 0 radical (unpaired) electrons. The summed E-state index contributed by atoms with van der Waals surface area (Å²) in [5, 5.41) is 13.6. The summed E-state index contributed by atoms with van der Waals surface area (Å²) in [5.74, 6) is -0.256. The molecule has 1 aromatic rings. The van der Waals surface area contributed by atoms with Gasteiger partial charge >= 0.3 is 0 Å². The number of carbonyl (C=O) groups excluding carboxylic acids is 1. The van der Waals surface area contributed by atoms with E-state index in [1.165, 1.54) is 6.07 Å². The molecule has 1 heterocycles. The van der Waals surface area contributed by atoms with E-state index in [-0.39, 0.29) is 11.6 Å². The largest absolute Gasteiger partial charge is 0.368 e. The molecule has 1 aromatic carbocycles. The summed E-state index contributed by atoms with van der Waals surface area (Å²) >= 11 is 3.20. The van der Waals surface area contributed by atoms with Crippen LogP contribution in [0, 0.1) is 17.0 Å². The van der Waals surface area contributed by atoms with Gasteiger partial charge in [-0.3, -0.25) is 14.9 Å². The van der Waals surface area contributed by atoms with Gasteiger partial charge in [-0.05, 0) is 25.8 Å². The second-order valence-electron chi connectivity index (χ2n) is 4.35. The molecule has 19 heavy (non-hydrogen) atoms. The SMILES string of the molecule is Cc1c(NC(=O)C2CCCO2)cc(Br)cc1[N+](=O)[O-]. The number of nitro groups is 1. The molecule has 1 amide bonds. The van der Waals surface area contributed by atoms with Crippen molar-refractivity contribution in [3.8, 4) is 0 Å². The van der Waals surface area contributed by atoms with E-state index >= 15 is 0 Å². The van der Waals surface area contributed by atoms with Crippen LogP contribution < -0.4 is 5.32 Å². The van der Waals surface area contributed by atoms with Crippen LogP contribution in [0.2, 0.25) is 0 Å². The highest BCUT2D eigenvalue weighted by molar-refractivity contribution is 9.10. The van der Waals surface area contributed by atoms with Crippen LogP contribution in [0.1, 0.15) is 18.4 Å². The molecule has 0 aromatic heterocycles. The Morgan fingerprint density at radius 1 is 1.58 bits per heavy atom. The monoisotopic (exact) mass is 328 g/mol. The predicted molar refractivity (Wildman–Crippen MR) is 73.1 cm³/mol. The smallest absolute Gasteiger partial charge is 0.275 e. The number of nitrogens with one attached hydrogen (secondary N) is 1. The summed E-state index contributed by atoms with van der Waals surface area (Å²) in [4.78, 5) is 22.4. The number of halogens is 1. The van der Waals surface area contributed by atoms with Crippen LogP contribution in [0.15, 0.2) is 16.6 Å². The van der Waals surface area contributed by atoms with Crippen molar-refractivity contribution in [2.45, 2.75) is 25.9 Å². The molecule has 1 fully saturated rings. The van der Waals surface area contributed by atoms with Gasteiger partial charge in [0.2, 0.25) is 0 Å². The first-order valence-electron chi connectivity index (χ1n) is 5.86. The second kappa shape index (κ2) is 5.66. The number of anilines is 1. The van der Waals surface area contributed by atoms with E-state index < -0.39 is 11.0 Å². The third kappa shape index (κ3) is 3.10. The van der Waals surface area contributed by atoms with E-state index in [2.05, 4.69) is 21.2 Å². The van der Waals surface area contributed by atoms with Crippen molar-refractivity contribution in [2.75, 3.05) is 11.9 Å². The molecule has 1 unspecified atom stereocenters. The Morgan fingerprint density at radius 2 is 2.32 bits per heavy atom. The van der Waals surface area contributed by atoms with E-state index in [4.69, 9.17) is 4.74 Å². The molecule has 0 saturated carbocycles. The fourth-order valence-electron chi connectivity index (χ4n) is 1.98. The van der Waals surface area contributed by atoms with E-state index in [0.29, 0.717) is 28.8 Å². The van der Waals surface area contributed by atoms with E-state index in [9.17, 15) is 14.9 Å². The molecule has 1 atom stereocenters. The maximum Gasteiger partial charge on any atom is 0.275 e. The Labute approximate surface area is 118 Å². The molecule has 0 aliphatic carbocycles. The van der Waals surface area contributed by atoms with Crippen molar-refractivity contribution in [2.24, 2.45) is 0 Å². The fourth-order valence-corrected chi connectivity index (χ4v) is 2.43. The van der Waals surface area contributed by atoms with Crippen molar-refractivity contribution in [3.63, 3.8) is 0 Å². The van der Waals surface area contributed by atoms with Crippen LogP contribution >= 0.6 is 15.9 Å². The number of benzene rings is 1. The van der Waals surface area contributed by atoms with Crippen LogP contribution in [0.25, 0.3) is 0 Å². The fraction of sp³-hybridized carbons (Fsp3) is 0.417. The van der Waals surface area contributed by atoms with Gasteiger partial charge in [-0.25, -0.2) is 0 Å². The number of nitro benzene ring substituents is 1. The van der Waals surface area contributed by atoms with Gasteiger partial charge in [0.05, 0.1) is 16.2 Å². The summed E-state index contributed by atoms with van der Waals surface area (Å²) < 4.78 is 5.83. The summed E-state index contributed by atoms with van der Waals surface area (Å²) in [6.07, 6.45) is 1.08. The molecule has 1 saturated heterocycles. The first-order valence-corrected chi connectivity index (χ1v) is 6.65. The van der Waals surface area contributed by atoms with Crippen LogP contribution in [-0.2, 0) is 9.53 Å². The van der Waals surface area contributed by atoms with Gasteiger partial charge in [0, 0.05) is 17.1 Å². The van der Waals surface area contributed by atoms with Crippen molar-refractivity contribution >= 4 is 33.2 Å². The maximum atomic E-state index is 11.9. The molecule has 7 heteroatoms. The van der Waals surface area contributed by atoms with Gasteiger partial charge in [0.15, 0.2) is 0 Å². The minimum Gasteiger partial charge on any atom is -0.368 e. The number of rotatable bonds is 3. The molecule has 1 aliphatic rings. The van der Waals surface area contributed by atoms with E-state index in [1.54, 1.807) is 13.0 Å². The van der Waals surface area contributed by atoms with E-state index in [1.807, 2.05) is 0 Å². The Bertz CT molecular complexity index is 527. The lowest BCUT2D eigenvalue weighted by atomic mass is 10.1. The number of hydrogen-bond acceptors (Lipinski definition) is 4. The van der Waals surface area contributed by atoms with Gasteiger partial charge in [-0.1, -0.05) is 15.9 Å². The molecular weight excluding hydrogens is 316 g/mol. The lowest BCUT2D eigenvalue weighted by Gasteiger charge is -2.12. The number of carbonyl (C=O) groups is 1. The zero-order valence-electron chi connectivity index (χ0n) is 10.3. The average molecular weight is 329 g/mol. The standard InChI is InChI=1S/C12H13BrN2O4/c1-7-9(5-8(13)6-10(7)15(17)18)14-12(16)11-3-2-4-19-11/h5-6,11H,2-4H2,1H3,(H,14,16). The quantitative estimate of drug-likeness (QED) is 0.683. The van der Waals surface area contributed by atoms with Gasteiger partial charge in [-0.15, -0.1) is 0 Å². The molecule has 1 N–H and O–H groups in total. The van der Waals surface area contributed by atoms with Crippen molar-refractivity contribution in [1.29, 1.82) is 0 Å². The third-order valence-corrected chi connectivity index (χ3v) is 3.48. The normalized spacial score (nSPS) is 18.3. The first kappa shape index (κ1) is 14.0. The van der Waals surface area contributed by atoms with Crippen LogP contribution in [0.5, 0.6) is 0 Å². The number of ether oxygens (including phenoxy) is 1. The number of hydrogen-bond donors (Lipinski definition) is 1. The van der Waals surface area contributed by atoms with Crippen LogP contribution in [-0.4, -0.2) is 23.5 Å². The summed E-state index contributed by atoms with van der Waals surface area (Å²) in [5.41, 5.74) is 0.832. The summed E-state index contributed by atoms with van der Waals surface area (Å²) in [6, 6.07) is 3.06. The molecule has 2 rings (SSSR count). The zero-order chi connectivity index (χ0) is 14.0. The second-order valence-corrected chi connectivity index (χ2v) is 5.26. The molecule has 0 spiro atoms. The highest BCUT2D eigenvalue weighted by Crippen LogP contribution is 2.30. The Kier molecular flexibility index (Phi) is 4.16. The highest BCUT2D eigenvalue weighted by Gasteiger charge is 2.25. The molecule has 0 bridgehead atoms. The molecule has 102 valence electrons. The van der Waals surface area contributed by atoms with Gasteiger partial charge in [0.1, 0.15) is 6.10 Å². The lowest BCUT2D eigenvalue weighted by Crippen LogP contribution is -2.27. The number of nitrogens with zero attached hydrogens (tertiary/aromatic N) is 1. The molecule has 1 aliphatic heterocycles. The lowest BCUT2D eigenvalue weighted by molar-refractivity contribution is -0.385. The van der Waals surface area contributed by atoms with Crippen molar-refractivity contribution < 1.29 is 14.5 Å². The Balaban J connectivity index is 2.24. The van der Waals surface area contributed by atoms with Crippen LogP contribution in [0.4, 0.5) is 11.4 Å². The zero-order valence-corrected chi connectivity index (χ0v) is 11.9. The van der Waals surface area contributed by atoms with Crippen molar-refractivity contribution in [3.05, 3.63) is 32.3 Å². The predicted octanol–water partition coefficient (Wildman–Crippen LogP) is 2.78. The van der Waals surface area contributed by atoms with E-state index in [0.717, 1.165) is 6.42 Å². The summed E-state index contributed by atoms with van der Waals surface area (Å²) in [7, 11) is 0. The maximum absolute atomic E-state index is 11.9. The third-order valence-electron chi connectivity index (χ3n) is 3.02. The van der Waals surface area contributed by atoms with Gasteiger partial charge in [-0.2, -0.15) is 0 Å². The van der Waals surface area contributed by atoms with Crippen LogP contribution in [0.3, 0.4) is 0 Å². The first-order chi connectivity index (χ1) is 8.99. The molecular formula is C12H13BrN2O4. The average Bonchev–Trinajstić information content (AvgIpc) is 2.86. The minimum absolute atomic E-state index is 0.0305. The minimum atomic E-state index is -0.470. The highest BCUT2D eigenvalue weighted by atomic mass is 79.9.